The molecule has 9 nitrogen and oxygen atoms in total. The molecule has 1 aliphatic heterocycles. The van der Waals surface area contributed by atoms with E-state index in [0.29, 0.717) is 35.5 Å². The van der Waals surface area contributed by atoms with Crippen molar-refractivity contribution in [2.24, 2.45) is 0 Å². The summed E-state index contributed by atoms with van der Waals surface area (Å²) in [6.45, 7) is 0.906. The first-order valence-corrected chi connectivity index (χ1v) is 12.6. The van der Waals surface area contributed by atoms with Crippen LogP contribution in [-0.4, -0.2) is 48.1 Å². The van der Waals surface area contributed by atoms with Gasteiger partial charge in [0.15, 0.2) is 5.58 Å². The zero-order chi connectivity index (χ0) is 28.7. The van der Waals surface area contributed by atoms with E-state index >= 15 is 0 Å². The predicted molar refractivity (Wildman–Crippen MR) is 150 cm³/mol. The van der Waals surface area contributed by atoms with Gasteiger partial charge in [-0.2, -0.15) is 0 Å². The number of carboxylic acid groups (broad SMARTS) is 1. The second-order valence-corrected chi connectivity index (χ2v) is 9.37. The van der Waals surface area contributed by atoms with E-state index < -0.39 is 17.8 Å². The minimum atomic E-state index is -1.20. The number of hydrogen-bond donors (Lipinski definition) is 2. The Morgan fingerprint density at radius 1 is 0.927 bits per heavy atom. The van der Waals surface area contributed by atoms with E-state index in [4.69, 9.17) is 9.15 Å². The molecule has 10 heteroatoms. The molecule has 5 aromatic rings. The largest absolute Gasteiger partial charge is 0.478 e. The summed E-state index contributed by atoms with van der Waals surface area (Å²) in [6.07, 6.45) is 0. The molecule has 0 fully saturated rings. The number of rotatable bonds is 8. The molecule has 0 spiro atoms. The Hall–Kier alpha value is -5.35. The molecular weight excluding hydrogens is 529 g/mol. The van der Waals surface area contributed by atoms with Gasteiger partial charge in [0, 0.05) is 19.3 Å². The number of halogens is 1. The summed E-state index contributed by atoms with van der Waals surface area (Å²) in [7, 11) is 1.59. The highest BCUT2D eigenvalue weighted by Gasteiger charge is 2.37. The summed E-state index contributed by atoms with van der Waals surface area (Å²) >= 11 is 0. The number of ether oxygens (including phenoxy) is 1. The number of anilines is 2. The number of nitrogens with one attached hydrogen (secondary N) is 1. The Balaban J connectivity index is 1.41. The molecule has 2 heterocycles. The molecule has 2 amide bonds. The minimum absolute atomic E-state index is 0.0222. The average Bonchev–Trinajstić information content (AvgIpc) is 3.51. The van der Waals surface area contributed by atoms with Crippen LogP contribution in [0.5, 0.6) is 0 Å². The van der Waals surface area contributed by atoms with Crippen LogP contribution in [0, 0.1) is 5.82 Å². The third-order valence-electron chi connectivity index (χ3n) is 6.81. The number of hydrogen-bond acceptors (Lipinski definition) is 7. The second kappa shape index (κ2) is 10.3. The standard InChI is InChI=1S/C31H22FN3O6/c1-40-13-12-33-25-10-8-21(35-29(36)22-9-4-19(31(38)39)14-23(22)30(35)37)16-24(25)28-34-26-15-18(5-11-27(26)41-28)17-2-6-20(32)7-3-17/h2-11,14-16,33H,12-13H2,1H3,(H,38,39). The van der Waals surface area contributed by atoms with E-state index in [1.54, 1.807) is 43.5 Å². The average molecular weight is 552 g/mol. The first-order chi connectivity index (χ1) is 19.8. The molecule has 4 aromatic carbocycles. The Kier molecular flexibility index (Phi) is 6.52. The summed E-state index contributed by atoms with van der Waals surface area (Å²) in [5, 5.41) is 12.6. The zero-order valence-corrected chi connectivity index (χ0v) is 21.7. The van der Waals surface area contributed by atoms with Gasteiger partial charge in [-0.25, -0.2) is 19.1 Å². The Bertz CT molecular complexity index is 1850. The van der Waals surface area contributed by atoms with E-state index in [-0.39, 0.29) is 34.1 Å². The predicted octanol–water partition coefficient (Wildman–Crippen LogP) is 5.86. The fraction of sp³-hybridized carbons (Fsp3) is 0.0968. The normalized spacial score (nSPS) is 12.7. The van der Waals surface area contributed by atoms with Crippen molar-refractivity contribution in [1.29, 1.82) is 0 Å². The lowest BCUT2D eigenvalue weighted by molar-refractivity contribution is 0.0696. The summed E-state index contributed by atoms with van der Waals surface area (Å²) in [5.74, 6) is -2.45. The molecule has 0 atom stereocenters. The topological polar surface area (TPSA) is 122 Å². The third kappa shape index (κ3) is 4.70. The maximum Gasteiger partial charge on any atom is 0.335 e. The molecule has 6 rings (SSSR count). The number of oxazole rings is 1. The van der Waals surface area contributed by atoms with Gasteiger partial charge >= 0.3 is 5.97 Å². The number of amides is 2. The molecule has 0 unspecified atom stereocenters. The van der Waals surface area contributed by atoms with Crippen molar-refractivity contribution in [2.75, 3.05) is 30.5 Å². The molecule has 204 valence electrons. The van der Waals surface area contributed by atoms with Gasteiger partial charge in [-0.3, -0.25) is 9.59 Å². The molecule has 41 heavy (non-hydrogen) atoms. The Labute approximate surface area is 232 Å². The van der Waals surface area contributed by atoms with Crippen LogP contribution in [0.15, 0.2) is 83.3 Å². The van der Waals surface area contributed by atoms with Crippen LogP contribution < -0.4 is 10.2 Å². The molecule has 0 saturated carbocycles. The van der Waals surface area contributed by atoms with Crippen LogP contribution >= 0.6 is 0 Å². The molecular formula is C31H22FN3O6. The zero-order valence-electron chi connectivity index (χ0n) is 21.7. The van der Waals surface area contributed by atoms with Gasteiger partial charge in [0.1, 0.15) is 11.3 Å². The van der Waals surface area contributed by atoms with Crippen molar-refractivity contribution >= 4 is 40.3 Å². The smallest absolute Gasteiger partial charge is 0.335 e. The second-order valence-electron chi connectivity index (χ2n) is 9.37. The maximum absolute atomic E-state index is 13.4. The first kappa shape index (κ1) is 25.9. The van der Waals surface area contributed by atoms with Crippen LogP contribution in [0.25, 0.3) is 33.7 Å². The highest BCUT2D eigenvalue weighted by atomic mass is 19.1. The van der Waals surface area contributed by atoms with E-state index in [9.17, 15) is 23.9 Å². The molecule has 2 N–H and O–H groups in total. The Morgan fingerprint density at radius 2 is 1.68 bits per heavy atom. The molecule has 1 aromatic heterocycles. The number of carbonyl (C=O) groups excluding carboxylic acids is 2. The summed E-state index contributed by atoms with van der Waals surface area (Å²) in [4.78, 5) is 43.6. The fourth-order valence-electron chi connectivity index (χ4n) is 4.76. The van der Waals surface area contributed by atoms with E-state index in [2.05, 4.69) is 10.3 Å². The van der Waals surface area contributed by atoms with Crippen molar-refractivity contribution in [3.05, 3.63) is 101 Å². The number of carboxylic acids is 1. The molecule has 0 aliphatic carbocycles. The van der Waals surface area contributed by atoms with Gasteiger partial charge in [-0.05, 0) is 71.8 Å². The van der Waals surface area contributed by atoms with E-state index in [1.165, 1.54) is 30.3 Å². The molecule has 0 bridgehead atoms. The third-order valence-corrected chi connectivity index (χ3v) is 6.81. The summed E-state index contributed by atoms with van der Waals surface area (Å²) in [6, 6.07) is 20.4. The van der Waals surface area contributed by atoms with Crippen LogP contribution in [0.3, 0.4) is 0 Å². The van der Waals surface area contributed by atoms with Gasteiger partial charge < -0.3 is 19.6 Å². The van der Waals surface area contributed by atoms with Crippen LogP contribution in [0.2, 0.25) is 0 Å². The van der Waals surface area contributed by atoms with Gasteiger partial charge in [0.25, 0.3) is 11.8 Å². The SMILES string of the molecule is COCCNc1ccc(N2C(=O)c3ccc(C(=O)O)cc3C2=O)cc1-c1nc2cc(-c3ccc(F)cc3)ccc2o1. The fourth-order valence-corrected chi connectivity index (χ4v) is 4.76. The summed E-state index contributed by atoms with van der Waals surface area (Å²) in [5.41, 5.74) is 4.20. The maximum atomic E-state index is 13.4. The van der Waals surface area contributed by atoms with E-state index in [1.807, 2.05) is 12.1 Å². The first-order valence-electron chi connectivity index (χ1n) is 12.6. The number of aromatic nitrogens is 1. The molecule has 0 radical (unpaired) electrons. The molecule has 0 saturated heterocycles. The number of carbonyl (C=O) groups is 3. The lowest BCUT2D eigenvalue weighted by Gasteiger charge is -2.17. The van der Waals surface area contributed by atoms with Crippen LogP contribution in [-0.2, 0) is 4.74 Å². The summed E-state index contributed by atoms with van der Waals surface area (Å²) < 4.78 is 24.6. The number of imide groups is 1. The van der Waals surface area contributed by atoms with Crippen molar-refractivity contribution in [2.45, 2.75) is 0 Å². The highest BCUT2D eigenvalue weighted by Crippen LogP contribution is 2.37. The van der Waals surface area contributed by atoms with Crippen molar-refractivity contribution in [3.8, 4) is 22.6 Å². The van der Waals surface area contributed by atoms with Crippen LogP contribution in [0.1, 0.15) is 31.1 Å². The van der Waals surface area contributed by atoms with Gasteiger partial charge in [0.05, 0.1) is 34.5 Å². The van der Waals surface area contributed by atoms with Crippen molar-refractivity contribution < 1.29 is 33.0 Å². The van der Waals surface area contributed by atoms with Gasteiger partial charge in [0.2, 0.25) is 5.89 Å². The van der Waals surface area contributed by atoms with E-state index in [0.717, 1.165) is 16.0 Å². The number of benzene rings is 4. The molecule has 1 aliphatic rings. The minimum Gasteiger partial charge on any atom is -0.478 e. The number of methoxy groups -OCH3 is 1. The van der Waals surface area contributed by atoms with Crippen molar-refractivity contribution in [3.63, 3.8) is 0 Å². The van der Waals surface area contributed by atoms with Crippen molar-refractivity contribution in [1.82, 2.24) is 4.98 Å². The van der Waals surface area contributed by atoms with Gasteiger partial charge in [-0.15, -0.1) is 0 Å². The monoisotopic (exact) mass is 551 g/mol. The number of fused-ring (bicyclic) bond motifs is 2. The van der Waals surface area contributed by atoms with Gasteiger partial charge in [-0.1, -0.05) is 18.2 Å². The Morgan fingerprint density at radius 3 is 2.44 bits per heavy atom. The quantitative estimate of drug-likeness (QED) is 0.182. The lowest BCUT2D eigenvalue weighted by Crippen LogP contribution is -2.29. The lowest BCUT2D eigenvalue weighted by atomic mass is 10.1. The van der Waals surface area contributed by atoms with Crippen LogP contribution in [0.4, 0.5) is 15.8 Å². The highest BCUT2D eigenvalue weighted by molar-refractivity contribution is 6.34. The number of nitrogens with zero attached hydrogens (tertiary/aromatic N) is 2. The number of aromatic carboxylic acids is 1.